The predicted molar refractivity (Wildman–Crippen MR) is 124 cm³/mol. The highest BCUT2D eigenvalue weighted by atomic mass is 32.1. The SMILES string of the molecule is O=C(CN1CCOCC1)Nc1cccc(-c2nc(-c3ccc4c(c3)OCCCO4)cs2)c1. The minimum absolute atomic E-state index is 0.0175. The molecule has 0 bridgehead atoms. The summed E-state index contributed by atoms with van der Waals surface area (Å²) in [5, 5.41) is 5.94. The number of thiazole rings is 1. The van der Waals surface area contributed by atoms with Gasteiger partial charge < -0.3 is 19.5 Å². The molecule has 7 nitrogen and oxygen atoms in total. The summed E-state index contributed by atoms with van der Waals surface area (Å²) in [6.45, 7) is 4.63. The molecule has 0 spiro atoms. The van der Waals surface area contributed by atoms with Crippen molar-refractivity contribution in [1.29, 1.82) is 0 Å². The Kier molecular flexibility index (Phi) is 6.34. The molecule has 1 aromatic heterocycles. The number of nitrogens with one attached hydrogen (secondary N) is 1. The number of hydrogen-bond donors (Lipinski definition) is 1. The maximum Gasteiger partial charge on any atom is 0.238 e. The molecule has 0 saturated carbocycles. The lowest BCUT2D eigenvalue weighted by Crippen LogP contribution is -2.41. The van der Waals surface area contributed by atoms with E-state index >= 15 is 0 Å². The number of amides is 1. The molecule has 0 unspecified atom stereocenters. The van der Waals surface area contributed by atoms with Gasteiger partial charge in [0.25, 0.3) is 0 Å². The van der Waals surface area contributed by atoms with Crippen LogP contribution in [0.4, 0.5) is 5.69 Å². The first-order chi connectivity index (χ1) is 15.7. The average Bonchev–Trinajstić information content (AvgIpc) is 3.19. The predicted octanol–water partition coefficient (Wildman–Crippen LogP) is 3.91. The summed E-state index contributed by atoms with van der Waals surface area (Å²) in [5.41, 5.74) is 3.63. The molecule has 3 aromatic rings. The lowest BCUT2D eigenvalue weighted by atomic mass is 10.1. The van der Waals surface area contributed by atoms with Gasteiger partial charge in [-0.2, -0.15) is 0 Å². The largest absolute Gasteiger partial charge is 0.490 e. The van der Waals surface area contributed by atoms with E-state index in [4.69, 9.17) is 19.2 Å². The Hall–Kier alpha value is -2.94. The van der Waals surface area contributed by atoms with Crippen molar-refractivity contribution in [3.63, 3.8) is 0 Å². The van der Waals surface area contributed by atoms with Crippen molar-refractivity contribution in [2.45, 2.75) is 6.42 Å². The van der Waals surface area contributed by atoms with Crippen molar-refractivity contribution in [1.82, 2.24) is 9.88 Å². The Morgan fingerprint density at radius 2 is 1.84 bits per heavy atom. The zero-order chi connectivity index (χ0) is 21.8. The fourth-order valence-electron chi connectivity index (χ4n) is 3.75. The second-order valence-corrected chi connectivity index (χ2v) is 8.63. The normalized spacial score (nSPS) is 16.4. The number of hydrogen-bond acceptors (Lipinski definition) is 7. The number of aromatic nitrogens is 1. The molecule has 1 fully saturated rings. The van der Waals surface area contributed by atoms with Crippen molar-refractivity contribution >= 4 is 22.9 Å². The van der Waals surface area contributed by atoms with E-state index in [1.165, 1.54) is 0 Å². The maximum absolute atomic E-state index is 12.4. The molecule has 2 aliphatic heterocycles. The molecule has 0 atom stereocenters. The van der Waals surface area contributed by atoms with Crippen LogP contribution >= 0.6 is 11.3 Å². The molecular weight excluding hydrogens is 426 g/mol. The molecule has 32 heavy (non-hydrogen) atoms. The van der Waals surface area contributed by atoms with Crippen LogP contribution in [0, 0.1) is 0 Å². The fraction of sp³-hybridized carbons (Fsp3) is 0.333. The second-order valence-electron chi connectivity index (χ2n) is 7.77. The monoisotopic (exact) mass is 451 g/mol. The molecule has 2 aliphatic rings. The lowest BCUT2D eigenvalue weighted by molar-refractivity contribution is -0.118. The second kappa shape index (κ2) is 9.68. The highest BCUT2D eigenvalue weighted by Gasteiger charge is 2.16. The van der Waals surface area contributed by atoms with Crippen LogP contribution in [-0.2, 0) is 9.53 Å². The van der Waals surface area contributed by atoms with Gasteiger partial charge in [0.1, 0.15) is 5.01 Å². The highest BCUT2D eigenvalue weighted by molar-refractivity contribution is 7.13. The molecule has 166 valence electrons. The van der Waals surface area contributed by atoms with Crippen LogP contribution in [-0.4, -0.2) is 61.9 Å². The van der Waals surface area contributed by atoms with Gasteiger partial charge in [-0.05, 0) is 30.3 Å². The molecule has 1 amide bonds. The number of morpholine rings is 1. The summed E-state index contributed by atoms with van der Waals surface area (Å²) in [4.78, 5) is 19.4. The highest BCUT2D eigenvalue weighted by Crippen LogP contribution is 2.36. The third-order valence-corrected chi connectivity index (χ3v) is 6.30. The Morgan fingerprint density at radius 3 is 2.72 bits per heavy atom. The van der Waals surface area contributed by atoms with E-state index in [0.717, 1.165) is 58.5 Å². The van der Waals surface area contributed by atoms with Crippen molar-refractivity contribution in [3.05, 3.63) is 47.8 Å². The van der Waals surface area contributed by atoms with Gasteiger partial charge in [0.15, 0.2) is 11.5 Å². The van der Waals surface area contributed by atoms with Gasteiger partial charge in [0.2, 0.25) is 5.91 Å². The van der Waals surface area contributed by atoms with Crippen LogP contribution in [0.15, 0.2) is 47.8 Å². The summed E-state index contributed by atoms with van der Waals surface area (Å²) >= 11 is 1.58. The summed E-state index contributed by atoms with van der Waals surface area (Å²) in [7, 11) is 0. The summed E-state index contributed by atoms with van der Waals surface area (Å²) < 4.78 is 16.9. The first-order valence-electron chi connectivity index (χ1n) is 10.8. The van der Waals surface area contributed by atoms with Crippen LogP contribution in [0.2, 0.25) is 0 Å². The molecule has 8 heteroatoms. The van der Waals surface area contributed by atoms with Gasteiger partial charge in [-0.25, -0.2) is 4.98 Å². The van der Waals surface area contributed by atoms with Crippen LogP contribution in [0.1, 0.15) is 6.42 Å². The van der Waals surface area contributed by atoms with Gasteiger partial charge in [0, 0.05) is 41.7 Å². The maximum atomic E-state index is 12.4. The molecule has 0 aliphatic carbocycles. The number of nitrogens with zero attached hydrogens (tertiary/aromatic N) is 2. The first kappa shape index (κ1) is 20.9. The van der Waals surface area contributed by atoms with Gasteiger partial charge in [-0.1, -0.05) is 12.1 Å². The number of benzene rings is 2. The van der Waals surface area contributed by atoms with Gasteiger partial charge >= 0.3 is 0 Å². The third-order valence-electron chi connectivity index (χ3n) is 5.41. The quantitative estimate of drug-likeness (QED) is 0.634. The number of carbonyl (C=O) groups is 1. The van der Waals surface area contributed by atoms with E-state index in [0.29, 0.717) is 33.0 Å². The minimum atomic E-state index is -0.0175. The van der Waals surface area contributed by atoms with Crippen LogP contribution in [0.25, 0.3) is 21.8 Å². The van der Waals surface area contributed by atoms with Crippen LogP contribution in [0.5, 0.6) is 11.5 Å². The summed E-state index contributed by atoms with van der Waals surface area (Å²) in [6, 6.07) is 13.8. The van der Waals surface area contributed by atoms with E-state index in [1.54, 1.807) is 11.3 Å². The zero-order valence-corrected chi connectivity index (χ0v) is 18.5. The van der Waals surface area contributed by atoms with Crippen LogP contribution < -0.4 is 14.8 Å². The van der Waals surface area contributed by atoms with Gasteiger partial charge in [0.05, 0.1) is 38.7 Å². The number of rotatable bonds is 5. The Balaban J connectivity index is 1.29. The number of carbonyl (C=O) groups excluding carboxylic acids is 1. The van der Waals surface area contributed by atoms with E-state index in [1.807, 2.05) is 47.8 Å². The first-order valence-corrected chi connectivity index (χ1v) is 11.7. The lowest BCUT2D eigenvalue weighted by Gasteiger charge is -2.25. The topological polar surface area (TPSA) is 72.9 Å². The van der Waals surface area contributed by atoms with E-state index in [-0.39, 0.29) is 5.91 Å². The van der Waals surface area contributed by atoms with Crippen molar-refractivity contribution in [2.75, 3.05) is 51.4 Å². The third kappa shape index (κ3) is 4.93. The van der Waals surface area contributed by atoms with Crippen molar-refractivity contribution in [2.24, 2.45) is 0 Å². The van der Waals surface area contributed by atoms with E-state index in [2.05, 4.69) is 10.2 Å². The van der Waals surface area contributed by atoms with Crippen LogP contribution in [0.3, 0.4) is 0 Å². The number of fused-ring (bicyclic) bond motifs is 1. The summed E-state index contributed by atoms with van der Waals surface area (Å²) in [5.74, 6) is 1.53. The standard InChI is InChI=1S/C24H25N3O4S/c28-23(15-27-7-11-29-12-8-27)25-19-4-1-3-18(13-19)24-26-20(16-32-24)17-5-6-21-22(14-17)31-10-2-9-30-21/h1,3-6,13-14,16H,2,7-12,15H2,(H,25,28). The smallest absolute Gasteiger partial charge is 0.238 e. The van der Waals surface area contributed by atoms with Crippen molar-refractivity contribution in [3.8, 4) is 33.3 Å². The molecule has 1 saturated heterocycles. The average molecular weight is 452 g/mol. The Bertz CT molecular complexity index is 1090. The Morgan fingerprint density at radius 1 is 1.00 bits per heavy atom. The molecule has 0 radical (unpaired) electrons. The van der Waals surface area contributed by atoms with Crippen molar-refractivity contribution < 1.29 is 19.0 Å². The molecular formula is C24H25N3O4S. The molecule has 1 N–H and O–H groups in total. The number of anilines is 1. The van der Waals surface area contributed by atoms with Gasteiger partial charge in [-0.3, -0.25) is 9.69 Å². The minimum Gasteiger partial charge on any atom is -0.490 e. The summed E-state index contributed by atoms with van der Waals surface area (Å²) in [6.07, 6.45) is 0.879. The zero-order valence-electron chi connectivity index (χ0n) is 17.7. The fourth-order valence-corrected chi connectivity index (χ4v) is 4.58. The van der Waals surface area contributed by atoms with E-state index in [9.17, 15) is 4.79 Å². The van der Waals surface area contributed by atoms with Gasteiger partial charge in [-0.15, -0.1) is 11.3 Å². The number of ether oxygens (including phenoxy) is 3. The van der Waals surface area contributed by atoms with E-state index < -0.39 is 0 Å². The molecule has 2 aromatic carbocycles. The molecule has 5 rings (SSSR count). The molecule has 3 heterocycles. The Labute approximate surface area is 190 Å².